The minimum Gasteiger partial charge on any atom is -0.493 e. The van der Waals surface area contributed by atoms with E-state index >= 15 is 0 Å². The second-order valence-electron chi connectivity index (χ2n) is 5.81. The third-order valence-electron chi connectivity index (χ3n) is 4.07. The molecule has 5 heteroatoms. The number of hydrogen-bond donors (Lipinski definition) is 1. The van der Waals surface area contributed by atoms with Gasteiger partial charge in [0, 0.05) is 23.4 Å². The van der Waals surface area contributed by atoms with Crippen LogP contribution in [-0.2, 0) is 0 Å². The Labute approximate surface area is 150 Å². The summed E-state index contributed by atoms with van der Waals surface area (Å²) in [7, 11) is 0. The van der Waals surface area contributed by atoms with Gasteiger partial charge in [0.2, 0.25) is 5.88 Å². The number of aromatic nitrogens is 3. The summed E-state index contributed by atoms with van der Waals surface area (Å²) in [4.78, 5) is 15.2. The Morgan fingerprint density at radius 1 is 0.846 bits per heavy atom. The van der Waals surface area contributed by atoms with Gasteiger partial charge in [-0.25, -0.2) is 4.98 Å². The van der Waals surface area contributed by atoms with E-state index in [-0.39, 0.29) is 5.88 Å². The Kier molecular flexibility index (Phi) is 4.03. The van der Waals surface area contributed by atoms with Crippen LogP contribution in [0.15, 0.2) is 79.0 Å². The van der Waals surface area contributed by atoms with Crippen LogP contribution in [-0.4, -0.2) is 26.2 Å². The zero-order chi connectivity index (χ0) is 17.9. The lowest BCUT2D eigenvalue weighted by Gasteiger charge is -2.05. The van der Waals surface area contributed by atoms with Gasteiger partial charge in [0.25, 0.3) is 0 Å². The molecule has 4 aromatic rings. The maximum absolute atomic E-state index is 11.0. The lowest BCUT2D eigenvalue weighted by Crippen LogP contribution is -1.98. The highest BCUT2D eigenvalue weighted by atomic mass is 16.3. The van der Waals surface area contributed by atoms with Crippen molar-refractivity contribution in [3.05, 3.63) is 84.6 Å². The normalized spacial score (nSPS) is 10.6. The Balaban J connectivity index is 1.74. The van der Waals surface area contributed by atoms with Crippen molar-refractivity contribution in [2.45, 2.75) is 0 Å². The van der Waals surface area contributed by atoms with Crippen molar-refractivity contribution in [3.63, 3.8) is 0 Å². The lowest BCUT2D eigenvalue weighted by atomic mass is 10.0. The first-order chi connectivity index (χ1) is 12.7. The molecule has 0 bridgehead atoms. The van der Waals surface area contributed by atoms with Crippen LogP contribution >= 0.6 is 0 Å². The molecule has 0 aliphatic heterocycles. The highest BCUT2D eigenvalue weighted by Crippen LogP contribution is 2.28. The summed E-state index contributed by atoms with van der Waals surface area (Å²) in [5, 5.41) is 14.7. The molecule has 2 aromatic heterocycles. The van der Waals surface area contributed by atoms with Crippen molar-refractivity contribution in [1.29, 1.82) is 0 Å². The summed E-state index contributed by atoms with van der Waals surface area (Å²) in [5.74, 6) is 0.568. The van der Waals surface area contributed by atoms with E-state index in [1.807, 2.05) is 54.6 Å². The number of aldehydes is 1. The van der Waals surface area contributed by atoms with Crippen LogP contribution in [0.5, 0.6) is 5.88 Å². The molecule has 2 aromatic carbocycles. The van der Waals surface area contributed by atoms with Gasteiger partial charge in [-0.05, 0) is 35.4 Å². The van der Waals surface area contributed by atoms with E-state index in [1.54, 1.807) is 24.4 Å². The zero-order valence-electron chi connectivity index (χ0n) is 13.8. The van der Waals surface area contributed by atoms with Crippen LogP contribution in [0.1, 0.15) is 10.4 Å². The van der Waals surface area contributed by atoms with Gasteiger partial charge in [0.1, 0.15) is 6.29 Å². The average Bonchev–Trinajstić information content (AvgIpc) is 3.10. The molecule has 26 heavy (non-hydrogen) atoms. The summed E-state index contributed by atoms with van der Waals surface area (Å²) in [5.41, 5.74) is 4.05. The molecule has 0 radical (unpaired) electrons. The van der Waals surface area contributed by atoms with E-state index in [4.69, 9.17) is 0 Å². The van der Waals surface area contributed by atoms with Gasteiger partial charge in [-0.2, -0.15) is 9.78 Å². The number of hydrogen-bond acceptors (Lipinski definition) is 4. The minimum atomic E-state index is 0.0204. The van der Waals surface area contributed by atoms with E-state index in [2.05, 4.69) is 10.1 Å². The maximum Gasteiger partial charge on any atom is 0.216 e. The van der Waals surface area contributed by atoms with E-state index in [9.17, 15) is 9.90 Å². The number of aromatic hydroxyl groups is 1. The van der Waals surface area contributed by atoms with Gasteiger partial charge < -0.3 is 5.11 Å². The fourth-order valence-corrected chi connectivity index (χ4v) is 2.81. The van der Waals surface area contributed by atoms with Crippen molar-refractivity contribution in [1.82, 2.24) is 14.8 Å². The third-order valence-corrected chi connectivity index (χ3v) is 4.07. The van der Waals surface area contributed by atoms with E-state index < -0.39 is 0 Å². The average molecular weight is 341 g/mol. The van der Waals surface area contributed by atoms with E-state index in [0.29, 0.717) is 17.1 Å². The Morgan fingerprint density at radius 3 is 2.38 bits per heavy atom. The largest absolute Gasteiger partial charge is 0.493 e. The lowest BCUT2D eigenvalue weighted by molar-refractivity contribution is 0.112. The second kappa shape index (κ2) is 6.64. The zero-order valence-corrected chi connectivity index (χ0v) is 13.8. The third kappa shape index (κ3) is 2.98. The van der Waals surface area contributed by atoms with Crippen LogP contribution in [0.2, 0.25) is 0 Å². The molecule has 1 N–H and O–H groups in total. The van der Waals surface area contributed by atoms with Crippen molar-refractivity contribution in [3.8, 4) is 34.1 Å². The second-order valence-corrected chi connectivity index (χ2v) is 5.81. The van der Waals surface area contributed by atoms with Gasteiger partial charge in [-0.15, -0.1) is 0 Å². The molecule has 0 atom stereocenters. The van der Waals surface area contributed by atoms with Crippen molar-refractivity contribution < 1.29 is 9.90 Å². The molecular formula is C21H15N3O2. The maximum atomic E-state index is 11.0. The Bertz CT molecular complexity index is 1070. The topological polar surface area (TPSA) is 68.0 Å². The molecule has 0 aliphatic carbocycles. The molecule has 2 heterocycles. The van der Waals surface area contributed by atoms with Crippen molar-refractivity contribution in [2.24, 2.45) is 0 Å². The van der Waals surface area contributed by atoms with Crippen molar-refractivity contribution >= 4 is 6.29 Å². The van der Waals surface area contributed by atoms with E-state index in [0.717, 1.165) is 23.0 Å². The van der Waals surface area contributed by atoms with Gasteiger partial charge in [-0.1, -0.05) is 42.5 Å². The number of rotatable bonds is 4. The van der Waals surface area contributed by atoms with Gasteiger partial charge in [0.15, 0.2) is 5.82 Å². The first-order valence-corrected chi connectivity index (χ1v) is 8.11. The quantitative estimate of drug-likeness (QED) is 0.567. The SMILES string of the molecule is O=Cc1cccc(-c2cccc(-c3cc(O)n(-c4ccccn4)n3)c2)c1. The fraction of sp³-hybridized carbons (Fsp3) is 0. The molecule has 0 spiro atoms. The minimum absolute atomic E-state index is 0.0204. The number of carbonyl (C=O) groups excluding carboxylic acids is 1. The molecule has 0 saturated carbocycles. The van der Waals surface area contributed by atoms with Crippen molar-refractivity contribution in [2.75, 3.05) is 0 Å². The molecule has 0 amide bonds. The predicted octanol–water partition coefficient (Wildman–Crippen LogP) is 4.12. The molecule has 0 unspecified atom stereocenters. The smallest absolute Gasteiger partial charge is 0.216 e. The number of nitrogens with zero attached hydrogens (tertiary/aromatic N) is 3. The summed E-state index contributed by atoms with van der Waals surface area (Å²) in [6.45, 7) is 0. The predicted molar refractivity (Wildman–Crippen MR) is 99.3 cm³/mol. The van der Waals surface area contributed by atoms with E-state index in [1.165, 1.54) is 4.68 Å². The molecule has 4 rings (SSSR count). The highest BCUT2D eigenvalue weighted by Gasteiger charge is 2.11. The van der Waals surface area contributed by atoms with Crippen LogP contribution < -0.4 is 0 Å². The van der Waals surface area contributed by atoms with Gasteiger partial charge in [-0.3, -0.25) is 4.79 Å². The monoisotopic (exact) mass is 341 g/mol. The molecule has 0 saturated heterocycles. The Hall–Kier alpha value is -3.73. The summed E-state index contributed by atoms with van der Waals surface area (Å²) >= 11 is 0. The first-order valence-electron chi connectivity index (χ1n) is 8.11. The van der Waals surface area contributed by atoms with Crippen LogP contribution in [0.4, 0.5) is 0 Å². The number of pyridine rings is 1. The summed E-state index contributed by atoms with van der Waals surface area (Å²) in [6, 6.07) is 22.3. The standard InChI is InChI=1S/C21H15N3O2/c25-14-15-5-3-6-16(11-15)17-7-4-8-18(12-17)19-13-21(26)24(23-19)20-9-1-2-10-22-20/h1-14,26H. The van der Waals surface area contributed by atoms with Crippen LogP contribution in [0, 0.1) is 0 Å². The molecule has 0 fully saturated rings. The highest BCUT2D eigenvalue weighted by molar-refractivity contribution is 5.80. The Morgan fingerprint density at radius 2 is 1.62 bits per heavy atom. The fourth-order valence-electron chi connectivity index (χ4n) is 2.81. The van der Waals surface area contributed by atoms with Gasteiger partial charge >= 0.3 is 0 Å². The summed E-state index contributed by atoms with van der Waals surface area (Å²) in [6.07, 6.45) is 2.48. The molecular weight excluding hydrogens is 326 g/mol. The first kappa shape index (κ1) is 15.8. The van der Waals surface area contributed by atoms with Gasteiger partial charge in [0.05, 0.1) is 5.69 Å². The molecule has 5 nitrogen and oxygen atoms in total. The number of benzene rings is 2. The molecule has 126 valence electrons. The number of carbonyl (C=O) groups is 1. The summed E-state index contributed by atoms with van der Waals surface area (Å²) < 4.78 is 1.40. The van der Waals surface area contributed by atoms with Crippen LogP contribution in [0.25, 0.3) is 28.2 Å². The molecule has 0 aliphatic rings. The van der Waals surface area contributed by atoms with Crippen LogP contribution in [0.3, 0.4) is 0 Å².